The van der Waals surface area contributed by atoms with E-state index in [0.717, 1.165) is 0 Å². The van der Waals surface area contributed by atoms with Crippen molar-refractivity contribution in [3.63, 3.8) is 0 Å². The third kappa shape index (κ3) is 3.79. The third-order valence-corrected chi connectivity index (χ3v) is 10.3. The molecule has 0 spiro atoms. The third-order valence-electron chi connectivity index (χ3n) is 1.66. The van der Waals surface area contributed by atoms with Gasteiger partial charge in [0.05, 0.1) is 0 Å². The lowest BCUT2D eigenvalue weighted by Crippen LogP contribution is -2.59. The van der Waals surface area contributed by atoms with Crippen LogP contribution in [0.5, 0.6) is 0 Å². The highest BCUT2D eigenvalue weighted by atomic mass is 35.6. The molecule has 0 saturated heterocycles. The summed E-state index contributed by atoms with van der Waals surface area (Å²) in [5.74, 6) is 0. The lowest BCUT2D eigenvalue weighted by atomic mass is 10.4. The van der Waals surface area contributed by atoms with Gasteiger partial charge in [0, 0.05) is 0 Å². The molecule has 0 aromatic rings. The lowest BCUT2D eigenvalue weighted by molar-refractivity contribution is 0.523. The van der Waals surface area contributed by atoms with E-state index in [4.69, 9.17) is 22.2 Å². The molecular weight excluding hydrogens is 225 g/mol. The van der Waals surface area contributed by atoms with E-state index in [1.807, 2.05) is 0 Å². The quantitative estimate of drug-likeness (QED) is 0.542. The molecule has 0 aliphatic heterocycles. The van der Waals surface area contributed by atoms with Crippen LogP contribution in [-0.4, -0.2) is 25.4 Å². The number of hydrogen-bond donors (Lipinski definition) is 0. The van der Waals surface area contributed by atoms with E-state index < -0.39 is 15.1 Å². The summed E-state index contributed by atoms with van der Waals surface area (Å²) in [5.41, 5.74) is 0. The van der Waals surface area contributed by atoms with Crippen LogP contribution in [0.15, 0.2) is 0 Å². The fourth-order valence-electron chi connectivity index (χ4n) is 1.86. The van der Waals surface area contributed by atoms with Crippen LogP contribution in [0.4, 0.5) is 0 Å². The van der Waals surface area contributed by atoms with Crippen molar-refractivity contribution in [3.8, 4) is 0 Å². The highest BCUT2D eigenvalue weighted by Crippen LogP contribution is 2.27. The molecule has 74 valence electrons. The van der Waals surface area contributed by atoms with Crippen LogP contribution in [0, 0.1) is 0 Å². The van der Waals surface area contributed by atoms with Crippen molar-refractivity contribution in [3.05, 3.63) is 0 Å². The fourth-order valence-corrected chi connectivity index (χ4v) is 14.7. The molecule has 1 nitrogen and oxygen atoms in total. The van der Waals surface area contributed by atoms with Crippen molar-refractivity contribution >= 4 is 37.2 Å². The van der Waals surface area contributed by atoms with Crippen molar-refractivity contribution in [1.82, 2.24) is 4.23 Å². The van der Waals surface area contributed by atoms with Crippen LogP contribution in [0.1, 0.15) is 13.8 Å². The summed E-state index contributed by atoms with van der Waals surface area (Å²) in [6.45, 7) is 12.8. The zero-order valence-corrected chi connectivity index (χ0v) is 12.3. The summed E-state index contributed by atoms with van der Waals surface area (Å²) in [4.78, 5) is 0. The van der Waals surface area contributed by atoms with Crippen LogP contribution in [0.25, 0.3) is 0 Å². The Morgan fingerprint density at radius 3 is 1.17 bits per heavy atom. The maximum Gasteiger partial charge on any atom is 0.217 e. The van der Waals surface area contributed by atoms with Crippen LogP contribution < -0.4 is 0 Å². The second-order valence-electron chi connectivity index (χ2n) is 4.28. The van der Waals surface area contributed by atoms with Crippen LogP contribution in [0.3, 0.4) is 0 Å². The molecule has 0 amide bonds. The molecule has 0 saturated carbocycles. The minimum Gasteiger partial charge on any atom is -0.319 e. The van der Waals surface area contributed by atoms with Gasteiger partial charge in [-0.15, -0.1) is 22.2 Å². The molecule has 0 atom stereocenters. The molecule has 0 radical (unpaired) electrons. The van der Waals surface area contributed by atoms with E-state index >= 15 is 0 Å². The van der Waals surface area contributed by atoms with Gasteiger partial charge in [0.1, 0.15) is 0 Å². The van der Waals surface area contributed by atoms with Gasteiger partial charge in [-0.1, -0.05) is 13.8 Å². The molecule has 5 heteroatoms. The molecule has 0 bridgehead atoms. The zero-order chi connectivity index (χ0) is 10.2. The second-order valence-corrected chi connectivity index (χ2v) is 16.9. The van der Waals surface area contributed by atoms with Gasteiger partial charge in [-0.05, 0) is 32.2 Å². The Labute approximate surface area is 87.6 Å². The van der Waals surface area contributed by atoms with E-state index in [0.29, 0.717) is 6.04 Å². The molecule has 0 fully saturated rings. The Morgan fingerprint density at radius 2 is 1.17 bits per heavy atom. The monoisotopic (exact) mass is 243 g/mol. The smallest absolute Gasteiger partial charge is 0.217 e. The van der Waals surface area contributed by atoms with E-state index in [2.05, 4.69) is 44.3 Å². The number of rotatable bonds is 3. The largest absolute Gasteiger partial charge is 0.319 e. The Bertz CT molecular complexity index is 134. The molecule has 0 aliphatic rings. The maximum absolute atomic E-state index is 6.39. The molecular formula is C7H19Cl2NSi2. The van der Waals surface area contributed by atoms with Crippen LogP contribution >= 0.6 is 22.2 Å². The van der Waals surface area contributed by atoms with E-state index in [-0.39, 0.29) is 0 Å². The van der Waals surface area contributed by atoms with Gasteiger partial charge in [0.2, 0.25) is 15.1 Å². The summed E-state index contributed by atoms with van der Waals surface area (Å²) in [6, 6.07) is 0.461. The SMILES string of the molecule is CC(C)N([Si](C)(C)Cl)[Si](C)(C)Cl. The van der Waals surface area contributed by atoms with Gasteiger partial charge in [-0.3, -0.25) is 0 Å². The highest BCUT2D eigenvalue weighted by molar-refractivity contribution is 7.28. The first kappa shape index (κ1) is 13.0. The Balaban J connectivity index is 4.70. The van der Waals surface area contributed by atoms with Crippen molar-refractivity contribution in [2.45, 2.75) is 46.1 Å². The normalized spacial score (nSPS) is 14.5. The summed E-state index contributed by atoms with van der Waals surface area (Å²) in [5, 5.41) is 0. The van der Waals surface area contributed by atoms with Crippen molar-refractivity contribution in [1.29, 1.82) is 0 Å². The van der Waals surface area contributed by atoms with Gasteiger partial charge in [0.15, 0.2) is 0 Å². The van der Waals surface area contributed by atoms with Gasteiger partial charge < -0.3 is 4.23 Å². The Hall–Kier alpha value is 0.974. The molecule has 0 unspecified atom stereocenters. The molecule has 0 aromatic heterocycles. The van der Waals surface area contributed by atoms with Crippen LogP contribution in [-0.2, 0) is 0 Å². The minimum atomic E-state index is -1.75. The maximum atomic E-state index is 6.39. The summed E-state index contributed by atoms with van der Waals surface area (Å²) >= 11 is 12.8. The van der Waals surface area contributed by atoms with Gasteiger partial charge in [0.25, 0.3) is 0 Å². The molecule has 0 N–H and O–H groups in total. The van der Waals surface area contributed by atoms with Gasteiger partial charge in [-0.2, -0.15) is 0 Å². The minimum absolute atomic E-state index is 0.461. The second kappa shape index (κ2) is 4.01. The molecule has 0 rings (SSSR count). The molecule has 0 aromatic carbocycles. The first-order chi connectivity index (χ1) is 5.07. The zero-order valence-electron chi connectivity index (χ0n) is 8.78. The summed E-state index contributed by atoms with van der Waals surface area (Å²) < 4.78 is 2.35. The van der Waals surface area contributed by atoms with Gasteiger partial charge >= 0.3 is 0 Å². The molecule has 0 heterocycles. The topological polar surface area (TPSA) is 3.24 Å². The number of halogens is 2. The van der Waals surface area contributed by atoms with Crippen molar-refractivity contribution < 1.29 is 0 Å². The average Bonchev–Trinajstić information content (AvgIpc) is 1.49. The van der Waals surface area contributed by atoms with E-state index in [1.54, 1.807) is 0 Å². The standard InChI is InChI=1S/C7H19Cl2NSi2/c1-7(2)10(11(3,4)8)12(5,6)9/h7H,1-6H3. The summed E-state index contributed by atoms with van der Waals surface area (Å²) in [6.07, 6.45) is 0. The fraction of sp³-hybridized carbons (Fsp3) is 1.00. The predicted molar refractivity (Wildman–Crippen MR) is 63.6 cm³/mol. The Morgan fingerprint density at radius 1 is 0.917 bits per heavy atom. The van der Waals surface area contributed by atoms with Crippen molar-refractivity contribution in [2.24, 2.45) is 0 Å². The molecule has 12 heavy (non-hydrogen) atoms. The van der Waals surface area contributed by atoms with Crippen LogP contribution in [0.2, 0.25) is 26.2 Å². The first-order valence-electron chi connectivity index (χ1n) is 4.24. The summed E-state index contributed by atoms with van der Waals surface area (Å²) in [7, 11) is -3.50. The lowest BCUT2D eigenvalue weighted by Gasteiger charge is -2.42. The Kier molecular flexibility index (Phi) is 4.33. The van der Waals surface area contributed by atoms with E-state index in [9.17, 15) is 0 Å². The molecule has 0 aliphatic carbocycles. The number of nitrogens with zero attached hydrogens (tertiary/aromatic N) is 1. The van der Waals surface area contributed by atoms with Crippen molar-refractivity contribution in [2.75, 3.05) is 0 Å². The first-order valence-corrected chi connectivity index (χ1v) is 12.2. The highest BCUT2D eigenvalue weighted by Gasteiger charge is 2.40. The average molecular weight is 244 g/mol. The predicted octanol–water partition coefficient (Wildman–Crippen LogP) is 3.58. The van der Waals surface area contributed by atoms with Gasteiger partial charge in [-0.25, -0.2) is 0 Å². The van der Waals surface area contributed by atoms with E-state index in [1.165, 1.54) is 0 Å². The number of hydrogen-bond acceptors (Lipinski definition) is 1.